The second-order valence-electron chi connectivity index (χ2n) is 5.93. The van der Waals surface area contributed by atoms with E-state index >= 15 is 0 Å². The second-order valence-corrected chi connectivity index (χ2v) is 5.93. The topological polar surface area (TPSA) is 49.3 Å². The van der Waals surface area contributed by atoms with E-state index in [0.29, 0.717) is 11.5 Å². The second kappa shape index (κ2) is 5.41. The van der Waals surface area contributed by atoms with E-state index in [2.05, 4.69) is 18.0 Å². The number of benzene rings is 1. The Morgan fingerprint density at radius 2 is 1.90 bits per heavy atom. The number of fused-ring (bicyclic) bond motifs is 1. The molecule has 0 amide bonds. The summed E-state index contributed by atoms with van der Waals surface area (Å²) >= 11 is 0. The van der Waals surface area contributed by atoms with Crippen molar-refractivity contribution < 1.29 is 9.90 Å². The van der Waals surface area contributed by atoms with Crippen molar-refractivity contribution in [2.75, 3.05) is 0 Å². The lowest BCUT2D eigenvalue weighted by atomic mass is 9.76. The first-order valence-electron chi connectivity index (χ1n) is 7.45. The number of nitrogens with one attached hydrogen (secondary N) is 1. The summed E-state index contributed by atoms with van der Waals surface area (Å²) in [4.78, 5) is 11.5. The maximum atomic E-state index is 11.5. The molecule has 1 aromatic carbocycles. The zero-order valence-corrected chi connectivity index (χ0v) is 11.6. The van der Waals surface area contributed by atoms with Crippen LogP contribution in [0.5, 0.6) is 0 Å². The van der Waals surface area contributed by atoms with Crippen LogP contribution in [0.15, 0.2) is 30.8 Å². The van der Waals surface area contributed by atoms with E-state index in [9.17, 15) is 9.90 Å². The Hall–Kier alpha value is -1.61. The summed E-state index contributed by atoms with van der Waals surface area (Å²) in [5, 5.41) is 12.8. The van der Waals surface area contributed by atoms with Crippen molar-refractivity contribution in [2.24, 2.45) is 5.92 Å². The van der Waals surface area contributed by atoms with Crippen LogP contribution < -0.4 is 5.32 Å². The Kier molecular flexibility index (Phi) is 3.62. The quantitative estimate of drug-likeness (QED) is 0.867. The third-order valence-electron chi connectivity index (χ3n) is 4.70. The van der Waals surface area contributed by atoms with Gasteiger partial charge in [-0.15, -0.1) is 0 Å². The van der Waals surface area contributed by atoms with Gasteiger partial charge in [0.05, 0.1) is 0 Å². The summed E-state index contributed by atoms with van der Waals surface area (Å²) in [5.41, 5.74) is 2.93. The molecule has 0 spiro atoms. The van der Waals surface area contributed by atoms with Crippen molar-refractivity contribution in [3.63, 3.8) is 0 Å². The molecule has 2 atom stereocenters. The number of carboxylic acid groups (broad SMARTS) is 1. The molecule has 106 valence electrons. The van der Waals surface area contributed by atoms with Gasteiger partial charge in [-0.1, -0.05) is 50.1 Å². The number of rotatable bonds is 2. The lowest BCUT2D eigenvalue weighted by Crippen LogP contribution is -2.46. The fraction of sp³-hybridized carbons (Fsp3) is 0.471. The minimum Gasteiger partial charge on any atom is -0.480 e. The number of carbonyl (C=O) groups is 1. The first-order valence-corrected chi connectivity index (χ1v) is 7.45. The van der Waals surface area contributed by atoms with Crippen LogP contribution >= 0.6 is 0 Å². The van der Waals surface area contributed by atoms with Crippen LogP contribution in [0.4, 0.5) is 0 Å². The van der Waals surface area contributed by atoms with Gasteiger partial charge in [-0.3, -0.25) is 10.1 Å². The molecule has 0 bridgehead atoms. The Bertz CT molecular complexity index is 532. The van der Waals surface area contributed by atoms with Crippen molar-refractivity contribution in [1.29, 1.82) is 0 Å². The fourth-order valence-corrected chi connectivity index (χ4v) is 3.66. The van der Waals surface area contributed by atoms with E-state index in [0.717, 1.165) is 5.56 Å². The third-order valence-corrected chi connectivity index (χ3v) is 4.70. The van der Waals surface area contributed by atoms with Crippen molar-refractivity contribution in [3.05, 3.63) is 42.0 Å². The molecular formula is C17H21NO2. The van der Waals surface area contributed by atoms with Crippen molar-refractivity contribution in [1.82, 2.24) is 5.32 Å². The maximum absolute atomic E-state index is 11.5. The van der Waals surface area contributed by atoms with Crippen molar-refractivity contribution >= 4 is 11.5 Å². The monoisotopic (exact) mass is 271 g/mol. The molecule has 1 aliphatic heterocycles. The molecule has 1 saturated carbocycles. The van der Waals surface area contributed by atoms with Gasteiger partial charge in [0.25, 0.3) is 0 Å². The molecule has 0 aromatic heterocycles. The highest BCUT2D eigenvalue weighted by Gasteiger charge is 2.36. The first kappa shape index (κ1) is 13.4. The predicted octanol–water partition coefficient (Wildman–Crippen LogP) is 3.38. The summed E-state index contributed by atoms with van der Waals surface area (Å²) in [6, 6.07) is 7.61. The van der Waals surface area contributed by atoms with Crippen LogP contribution in [0.25, 0.3) is 5.57 Å². The van der Waals surface area contributed by atoms with E-state index in [1.165, 1.54) is 37.7 Å². The molecule has 1 aromatic rings. The van der Waals surface area contributed by atoms with Crippen LogP contribution in [-0.4, -0.2) is 17.1 Å². The lowest BCUT2D eigenvalue weighted by molar-refractivity contribution is -0.138. The van der Waals surface area contributed by atoms with E-state index in [1.807, 2.05) is 18.2 Å². The Morgan fingerprint density at radius 1 is 1.20 bits per heavy atom. The molecule has 1 heterocycles. The van der Waals surface area contributed by atoms with Gasteiger partial charge in [-0.2, -0.15) is 0 Å². The van der Waals surface area contributed by atoms with E-state index in [1.54, 1.807) is 0 Å². The van der Waals surface area contributed by atoms with Crippen molar-refractivity contribution in [3.8, 4) is 0 Å². The predicted molar refractivity (Wildman–Crippen MR) is 79.4 cm³/mol. The average Bonchev–Trinajstić information content (AvgIpc) is 2.48. The van der Waals surface area contributed by atoms with Crippen LogP contribution in [0.3, 0.4) is 0 Å². The van der Waals surface area contributed by atoms with Gasteiger partial charge in [-0.05, 0) is 35.5 Å². The zero-order valence-electron chi connectivity index (χ0n) is 11.6. The molecule has 1 fully saturated rings. The smallest absolute Gasteiger partial charge is 0.325 e. The molecule has 0 saturated heterocycles. The molecule has 0 radical (unpaired) electrons. The SMILES string of the molecule is C=C1c2ccccc2C(C2CCCCC2)NC1C(=O)O. The van der Waals surface area contributed by atoms with Crippen LogP contribution in [0, 0.1) is 5.92 Å². The molecule has 2 N–H and O–H groups in total. The molecule has 3 rings (SSSR count). The summed E-state index contributed by atoms with van der Waals surface area (Å²) in [7, 11) is 0. The zero-order chi connectivity index (χ0) is 14.1. The molecule has 2 aliphatic rings. The van der Waals surface area contributed by atoms with Gasteiger partial charge < -0.3 is 5.11 Å². The van der Waals surface area contributed by atoms with Crippen molar-refractivity contribution in [2.45, 2.75) is 44.2 Å². The Balaban J connectivity index is 1.98. The average molecular weight is 271 g/mol. The number of hydrogen-bond donors (Lipinski definition) is 2. The van der Waals surface area contributed by atoms with Gasteiger partial charge in [0.1, 0.15) is 6.04 Å². The van der Waals surface area contributed by atoms with E-state index in [4.69, 9.17) is 0 Å². The van der Waals surface area contributed by atoms with Gasteiger partial charge in [0.15, 0.2) is 0 Å². The standard InChI is InChI=1S/C17H21NO2/c1-11-13-9-5-6-10-14(13)16(18-15(11)17(19)20)12-7-3-2-4-8-12/h5-6,9-10,12,15-16,18H,1-4,7-8H2,(H,19,20). The summed E-state index contributed by atoms with van der Waals surface area (Å²) in [5.74, 6) is -0.287. The largest absolute Gasteiger partial charge is 0.480 e. The molecule has 3 nitrogen and oxygen atoms in total. The Labute approximate surface area is 119 Å². The maximum Gasteiger partial charge on any atom is 0.325 e. The van der Waals surface area contributed by atoms with E-state index in [-0.39, 0.29) is 6.04 Å². The van der Waals surface area contributed by atoms with Gasteiger partial charge >= 0.3 is 5.97 Å². The number of carboxylic acids is 1. The molecule has 3 heteroatoms. The molecule has 1 aliphatic carbocycles. The normalized spacial score (nSPS) is 27.1. The summed E-state index contributed by atoms with van der Waals surface area (Å²) in [6.07, 6.45) is 6.18. The first-order chi connectivity index (χ1) is 9.68. The minimum atomic E-state index is -0.828. The highest BCUT2D eigenvalue weighted by Crippen LogP contribution is 2.41. The third kappa shape index (κ3) is 2.27. The lowest BCUT2D eigenvalue weighted by Gasteiger charge is -2.39. The van der Waals surface area contributed by atoms with Gasteiger partial charge in [0.2, 0.25) is 0 Å². The number of hydrogen-bond acceptors (Lipinski definition) is 2. The molecular weight excluding hydrogens is 250 g/mol. The molecule has 20 heavy (non-hydrogen) atoms. The van der Waals surface area contributed by atoms with Crippen LogP contribution in [0.2, 0.25) is 0 Å². The highest BCUT2D eigenvalue weighted by molar-refractivity contribution is 5.92. The Morgan fingerprint density at radius 3 is 2.60 bits per heavy atom. The molecule has 2 unspecified atom stereocenters. The van der Waals surface area contributed by atoms with Gasteiger partial charge in [-0.25, -0.2) is 0 Å². The van der Waals surface area contributed by atoms with Crippen LogP contribution in [0.1, 0.15) is 49.3 Å². The van der Waals surface area contributed by atoms with Gasteiger partial charge in [0, 0.05) is 6.04 Å². The summed E-state index contributed by atoms with van der Waals surface area (Å²) in [6.45, 7) is 3.99. The van der Waals surface area contributed by atoms with E-state index < -0.39 is 12.0 Å². The fourth-order valence-electron chi connectivity index (χ4n) is 3.66. The number of aliphatic carboxylic acids is 1. The highest BCUT2D eigenvalue weighted by atomic mass is 16.4. The summed E-state index contributed by atoms with van der Waals surface area (Å²) < 4.78 is 0. The van der Waals surface area contributed by atoms with Crippen LogP contribution in [-0.2, 0) is 4.79 Å². The minimum absolute atomic E-state index is 0.151.